The predicted molar refractivity (Wildman–Crippen MR) is 100 cm³/mol. The van der Waals surface area contributed by atoms with Gasteiger partial charge in [-0.05, 0) is 44.2 Å². The molecule has 0 saturated heterocycles. The lowest BCUT2D eigenvalue weighted by Crippen LogP contribution is -2.21. The van der Waals surface area contributed by atoms with Gasteiger partial charge in [-0.1, -0.05) is 11.3 Å². The molecule has 0 bridgehead atoms. The van der Waals surface area contributed by atoms with Gasteiger partial charge in [-0.25, -0.2) is 4.98 Å². The minimum atomic E-state index is -0.419. The molecule has 0 fully saturated rings. The van der Waals surface area contributed by atoms with Crippen LogP contribution in [0, 0.1) is 10.1 Å². The molecule has 0 N–H and O–H groups in total. The van der Waals surface area contributed by atoms with Crippen molar-refractivity contribution in [3.63, 3.8) is 0 Å². The zero-order valence-electron chi connectivity index (χ0n) is 13.9. The number of fused-ring (bicyclic) bond motifs is 1. The Morgan fingerprint density at radius 2 is 1.84 bits per heavy atom. The lowest BCUT2D eigenvalue weighted by atomic mass is 10.2. The Kier molecular flexibility index (Phi) is 4.99. The Morgan fingerprint density at radius 3 is 2.48 bits per heavy atom. The van der Waals surface area contributed by atoms with Crippen molar-refractivity contribution in [1.29, 1.82) is 0 Å². The summed E-state index contributed by atoms with van der Waals surface area (Å²) in [6, 6.07) is 12.4. The van der Waals surface area contributed by atoms with Gasteiger partial charge in [0.25, 0.3) is 5.69 Å². The smallest absolute Gasteiger partial charge is 0.270 e. The number of azo groups is 1. The van der Waals surface area contributed by atoms with Gasteiger partial charge in [0.05, 0.1) is 20.8 Å². The third kappa shape index (κ3) is 3.80. The average molecular weight is 355 g/mol. The lowest BCUT2D eigenvalue weighted by Gasteiger charge is -2.20. The molecule has 128 valence electrons. The van der Waals surface area contributed by atoms with Gasteiger partial charge in [-0.15, -0.1) is 10.2 Å². The molecule has 0 unspecified atom stereocenters. The molecule has 0 saturated carbocycles. The topological polar surface area (TPSA) is 84.0 Å². The molecule has 2 aromatic carbocycles. The molecule has 0 aliphatic carbocycles. The van der Waals surface area contributed by atoms with Crippen molar-refractivity contribution in [2.75, 3.05) is 18.0 Å². The first-order valence-corrected chi connectivity index (χ1v) is 8.74. The van der Waals surface area contributed by atoms with Crippen LogP contribution in [0.15, 0.2) is 52.7 Å². The number of hydrogen-bond donors (Lipinski definition) is 0. The van der Waals surface area contributed by atoms with Crippen LogP contribution in [0.3, 0.4) is 0 Å². The number of nitro groups is 1. The van der Waals surface area contributed by atoms with Crippen molar-refractivity contribution in [1.82, 2.24) is 4.98 Å². The highest BCUT2D eigenvalue weighted by molar-refractivity contribution is 7.21. The first kappa shape index (κ1) is 17.0. The SMILES string of the molecule is CCN(CC)c1ccc(N=Nc2nc3ccc([N+](=O)[O-])cc3s2)cc1. The average Bonchev–Trinajstić information content (AvgIpc) is 3.04. The number of nitrogens with zero attached hydrogens (tertiary/aromatic N) is 5. The summed E-state index contributed by atoms with van der Waals surface area (Å²) in [6.45, 7) is 6.15. The number of thiazole rings is 1. The molecule has 3 rings (SSSR count). The summed E-state index contributed by atoms with van der Waals surface area (Å²) >= 11 is 1.28. The van der Waals surface area contributed by atoms with Crippen molar-refractivity contribution >= 4 is 43.7 Å². The summed E-state index contributed by atoms with van der Waals surface area (Å²) in [5, 5.41) is 19.7. The zero-order valence-corrected chi connectivity index (χ0v) is 14.7. The van der Waals surface area contributed by atoms with E-state index in [1.165, 1.54) is 23.5 Å². The molecule has 0 amide bonds. The van der Waals surface area contributed by atoms with Crippen molar-refractivity contribution in [3.05, 3.63) is 52.6 Å². The molecule has 7 nitrogen and oxygen atoms in total. The first-order valence-electron chi connectivity index (χ1n) is 7.92. The largest absolute Gasteiger partial charge is 0.372 e. The molecule has 0 aliphatic rings. The molecule has 1 aromatic heterocycles. The number of anilines is 1. The summed E-state index contributed by atoms with van der Waals surface area (Å²) < 4.78 is 0.722. The minimum absolute atomic E-state index is 0.0478. The summed E-state index contributed by atoms with van der Waals surface area (Å²) in [4.78, 5) is 17.0. The summed E-state index contributed by atoms with van der Waals surface area (Å²) in [5.41, 5.74) is 2.62. The molecule has 25 heavy (non-hydrogen) atoms. The van der Waals surface area contributed by atoms with E-state index in [1.54, 1.807) is 6.07 Å². The molecular formula is C17H17N5O2S. The van der Waals surface area contributed by atoms with Crippen LogP contribution in [-0.4, -0.2) is 23.0 Å². The molecular weight excluding hydrogens is 338 g/mol. The molecule has 0 radical (unpaired) electrons. The van der Waals surface area contributed by atoms with Gasteiger partial charge >= 0.3 is 0 Å². The Labute approximate surface area is 148 Å². The van der Waals surface area contributed by atoms with E-state index in [-0.39, 0.29) is 5.69 Å². The monoisotopic (exact) mass is 355 g/mol. The second-order valence-corrected chi connectivity index (χ2v) is 6.30. The highest BCUT2D eigenvalue weighted by Crippen LogP contribution is 2.32. The van der Waals surface area contributed by atoms with Crippen LogP contribution in [0.5, 0.6) is 0 Å². The van der Waals surface area contributed by atoms with Gasteiger partial charge in [0.15, 0.2) is 0 Å². The van der Waals surface area contributed by atoms with E-state index in [1.807, 2.05) is 24.3 Å². The van der Waals surface area contributed by atoms with E-state index in [2.05, 4.69) is 34.0 Å². The molecule has 0 spiro atoms. The third-order valence-electron chi connectivity index (χ3n) is 3.80. The number of rotatable bonds is 6. The quantitative estimate of drug-likeness (QED) is 0.333. The van der Waals surface area contributed by atoms with Crippen molar-refractivity contribution < 1.29 is 4.92 Å². The van der Waals surface area contributed by atoms with E-state index in [9.17, 15) is 10.1 Å². The summed E-state index contributed by atoms with van der Waals surface area (Å²) in [7, 11) is 0. The molecule has 1 heterocycles. The highest BCUT2D eigenvalue weighted by atomic mass is 32.1. The molecule has 3 aromatic rings. The molecule has 8 heteroatoms. The second-order valence-electron chi connectivity index (χ2n) is 5.29. The van der Waals surface area contributed by atoms with E-state index < -0.39 is 4.92 Å². The Morgan fingerprint density at radius 1 is 1.12 bits per heavy atom. The van der Waals surface area contributed by atoms with Crippen LogP contribution in [0.2, 0.25) is 0 Å². The fourth-order valence-corrected chi connectivity index (χ4v) is 3.30. The fraction of sp³-hybridized carbons (Fsp3) is 0.235. The fourth-order valence-electron chi connectivity index (χ4n) is 2.48. The number of aromatic nitrogens is 1. The van der Waals surface area contributed by atoms with Crippen molar-refractivity contribution in [2.24, 2.45) is 10.2 Å². The van der Waals surface area contributed by atoms with Crippen molar-refractivity contribution in [2.45, 2.75) is 13.8 Å². The number of hydrogen-bond acceptors (Lipinski definition) is 7. The van der Waals surface area contributed by atoms with Crippen LogP contribution < -0.4 is 4.90 Å². The highest BCUT2D eigenvalue weighted by Gasteiger charge is 2.10. The van der Waals surface area contributed by atoms with E-state index in [0.29, 0.717) is 10.6 Å². The van der Waals surface area contributed by atoms with Crippen LogP contribution in [-0.2, 0) is 0 Å². The van der Waals surface area contributed by atoms with E-state index >= 15 is 0 Å². The maximum absolute atomic E-state index is 10.8. The number of benzene rings is 2. The molecule has 0 aliphatic heterocycles. The summed E-state index contributed by atoms with van der Waals surface area (Å²) in [6.07, 6.45) is 0. The number of nitro benzene ring substituents is 1. The van der Waals surface area contributed by atoms with Crippen molar-refractivity contribution in [3.8, 4) is 0 Å². The number of non-ortho nitro benzene ring substituents is 1. The standard InChI is InChI=1S/C17H17N5O2S/c1-3-21(4-2)13-7-5-12(6-8-13)19-20-17-18-15-10-9-14(22(23)24)11-16(15)25-17/h5-11H,3-4H2,1-2H3. The first-order chi connectivity index (χ1) is 12.1. The second kappa shape index (κ2) is 7.35. The summed E-state index contributed by atoms with van der Waals surface area (Å²) in [5.74, 6) is 0. The molecule has 0 atom stereocenters. The van der Waals surface area contributed by atoms with Gasteiger partial charge < -0.3 is 4.90 Å². The Balaban J connectivity index is 1.79. The van der Waals surface area contributed by atoms with Gasteiger partial charge in [0.1, 0.15) is 0 Å². The Bertz CT molecular complexity index is 916. The zero-order chi connectivity index (χ0) is 17.8. The van der Waals surface area contributed by atoms with Crippen LogP contribution in [0.25, 0.3) is 10.2 Å². The van der Waals surface area contributed by atoms with Crippen LogP contribution in [0.4, 0.5) is 22.2 Å². The Hall–Kier alpha value is -2.87. The third-order valence-corrected chi connectivity index (χ3v) is 4.70. The minimum Gasteiger partial charge on any atom is -0.372 e. The maximum Gasteiger partial charge on any atom is 0.270 e. The normalized spacial score (nSPS) is 11.3. The van der Waals surface area contributed by atoms with Gasteiger partial charge in [-0.3, -0.25) is 10.1 Å². The van der Waals surface area contributed by atoms with Crippen LogP contribution >= 0.6 is 11.3 Å². The van der Waals surface area contributed by atoms with Gasteiger partial charge in [0, 0.05) is 30.9 Å². The van der Waals surface area contributed by atoms with Gasteiger partial charge in [-0.2, -0.15) is 0 Å². The lowest BCUT2D eigenvalue weighted by molar-refractivity contribution is -0.384. The van der Waals surface area contributed by atoms with Crippen LogP contribution in [0.1, 0.15) is 13.8 Å². The van der Waals surface area contributed by atoms with E-state index in [0.717, 1.165) is 29.2 Å². The predicted octanol–water partition coefficient (Wildman–Crippen LogP) is 5.47. The van der Waals surface area contributed by atoms with Gasteiger partial charge in [0.2, 0.25) is 5.13 Å². The van der Waals surface area contributed by atoms with E-state index in [4.69, 9.17) is 0 Å². The maximum atomic E-state index is 10.8.